The van der Waals surface area contributed by atoms with Crippen molar-refractivity contribution in [2.45, 2.75) is 44.7 Å². The topological polar surface area (TPSA) is 51.0 Å². The van der Waals surface area contributed by atoms with Crippen LogP contribution in [0.4, 0.5) is 5.69 Å². The molecule has 0 aliphatic heterocycles. The lowest BCUT2D eigenvalue weighted by atomic mass is 10.2. The molecule has 0 radical (unpaired) electrons. The lowest BCUT2D eigenvalue weighted by Gasteiger charge is -2.13. The predicted molar refractivity (Wildman–Crippen MR) is 83.9 cm³/mol. The number of anilines is 1. The Morgan fingerprint density at radius 1 is 1.25 bits per heavy atom. The number of benzene rings is 1. The SMILES string of the molecule is Cc1nnc(C(C)Nc2cccc(CSC(C)C)c2)o1. The van der Waals surface area contributed by atoms with Gasteiger partial charge in [-0.2, -0.15) is 11.8 Å². The molecule has 0 aliphatic rings. The number of nitrogens with one attached hydrogen (secondary N) is 1. The van der Waals surface area contributed by atoms with Crippen molar-refractivity contribution in [3.05, 3.63) is 41.6 Å². The van der Waals surface area contributed by atoms with Crippen LogP contribution in [-0.4, -0.2) is 15.4 Å². The third-order valence-corrected chi connectivity index (χ3v) is 3.97. The van der Waals surface area contributed by atoms with Crippen molar-refractivity contribution in [3.8, 4) is 0 Å². The Kier molecular flexibility index (Phi) is 5.06. The van der Waals surface area contributed by atoms with Gasteiger partial charge in [-0.05, 0) is 29.9 Å². The highest BCUT2D eigenvalue weighted by Gasteiger charge is 2.12. The molecule has 1 aromatic carbocycles. The third-order valence-electron chi connectivity index (χ3n) is 2.81. The molecule has 108 valence electrons. The van der Waals surface area contributed by atoms with Gasteiger partial charge in [-0.3, -0.25) is 0 Å². The molecule has 4 nitrogen and oxygen atoms in total. The second kappa shape index (κ2) is 6.79. The van der Waals surface area contributed by atoms with E-state index in [1.807, 2.05) is 18.7 Å². The van der Waals surface area contributed by atoms with Crippen molar-refractivity contribution in [2.75, 3.05) is 5.32 Å². The van der Waals surface area contributed by atoms with E-state index in [0.717, 1.165) is 11.4 Å². The van der Waals surface area contributed by atoms with Crippen molar-refractivity contribution in [3.63, 3.8) is 0 Å². The first-order valence-electron chi connectivity index (χ1n) is 6.81. The number of nitrogens with zero attached hydrogens (tertiary/aromatic N) is 2. The second-order valence-electron chi connectivity index (χ2n) is 5.09. The molecule has 0 aliphatic carbocycles. The molecule has 0 amide bonds. The molecule has 1 heterocycles. The zero-order valence-electron chi connectivity index (χ0n) is 12.4. The quantitative estimate of drug-likeness (QED) is 0.864. The first-order valence-corrected chi connectivity index (χ1v) is 7.86. The maximum Gasteiger partial charge on any atom is 0.238 e. The van der Waals surface area contributed by atoms with E-state index in [4.69, 9.17) is 4.42 Å². The van der Waals surface area contributed by atoms with E-state index in [1.165, 1.54) is 5.56 Å². The molecule has 5 heteroatoms. The Labute approximate surface area is 124 Å². The van der Waals surface area contributed by atoms with Crippen molar-refractivity contribution >= 4 is 17.4 Å². The molecule has 1 unspecified atom stereocenters. The number of thioether (sulfide) groups is 1. The van der Waals surface area contributed by atoms with Gasteiger partial charge in [0.25, 0.3) is 0 Å². The van der Waals surface area contributed by atoms with Crippen molar-refractivity contribution in [1.29, 1.82) is 0 Å². The largest absolute Gasteiger partial charge is 0.423 e. The van der Waals surface area contributed by atoms with Gasteiger partial charge in [0.1, 0.15) is 6.04 Å². The summed E-state index contributed by atoms with van der Waals surface area (Å²) in [5.74, 6) is 2.24. The molecule has 0 saturated carbocycles. The summed E-state index contributed by atoms with van der Waals surface area (Å²) in [6.45, 7) is 8.25. The van der Waals surface area contributed by atoms with Crippen LogP contribution in [0.5, 0.6) is 0 Å². The van der Waals surface area contributed by atoms with Crippen LogP contribution >= 0.6 is 11.8 Å². The van der Waals surface area contributed by atoms with Gasteiger partial charge in [0.05, 0.1) is 0 Å². The van der Waals surface area contributed by atoms with Crippen molar-refractivity contribution in [1.82, 2.24) is 10.2 Å². The van der Waals surface area contributed by atoms with Crippen LogP contribution in [0.15, 0.2) is 28.7 Å². The summed E-state index contributed by atoms with van der Waals surface area (Å²) in [6.07, 6.45) is 0. The van der Waals surface area contributed by atoms with Gasteiger partial charge < -0.3 is 9.73 Å². The van der Waals surface area contributed by atoms with E-state index in [1.54, 1.807) is 6.92 Å². The Balaban J connectivity index is 2.00. The molecule has 2 aromatic rings. The first-order chi connectivity index (χ1) is 9.54. The number of aromatic nitrogens is 2. The fourth-order valence-electron chi connectivity index (χ4n) is 1.81. The lowest BCUT2D eigenvalue weighted by molar-refractivity contribution is 0.451. The summed E-state index contributed by atoms with van der Waals surface area (Å²) in [5.41, 5.74) is 2.40. The van der Waals surface area contributed by atoms with Gasteiger partial charge in [0.2, 0.25) is 11.8 Å². The van der Waals surface area contributed by atoms with E-state index < -0.39 is 0 Å². The van der Waals surface area contributed by atoms with Crippen LogP contribution in [0.25, 0.3) is 0 Å². The third kappa shape index (κ3) is 4.27. The predicted octanol–water partition coefficient (Wildman–Crippen LogP) is 4.19. The fourth-order valence-corrected chi connectivity index (χ4v) is 2.52. The maximum atomic E-state index is 5.44. The zero-order valence-corrected chi connectivity index (χ0v) is 13.2. The highest BCUT2D eigenvalue weighted by Crippen LogP contribution is 2.22. The number of hydrogen-bond donors (Lipinski definition) is 1. The molecule has 0 bridgehead atoms. The molecule has 1 aromatic heterocycles. The molecule has 0 fully saturated rings. The highest BCUT2D eigenvalue weighted by molar-refractivity contribution is 7.99. The Morgan fingerprint density at radius 2 is 2.05 bits per heavy atom. The van der Waals surface area contributed by atoms with Crippen molar-refractivity contribution < 1.29 is 4.42 Å². The van der Waals surface area contributed by atoms with E-state index in [2.05, 4.69) is 53.6 Å². The normalized spacial score (nSPS) is 12.7. The van der Waals surface area contributed by atoms with Crippen LogP contribution in [0.2, 0.25) is 0 Å². The van der Waals surface area contributed by atoms with Crippen molar-refractivity contribution in [2.24, 2.45) is 0 Å². The number of aryl methyl sites for hydroxylation is 1. The van der Waals surface area contributed by atoms with Gasteiger partial charge >= 0.3 is 0 Å². The summed E-state index contributed by atoms with van der Waals surface area (Å²) in [5, 5.41) is 11.9. The average molecular weight is 291 g/mol. The molecule has 2 rings (SSSR count). The van der Waals surface area contributed by atoms with Crippen LogP contribution in [-0.2, 0) is 5.75 Å². The van der Waals surface area contributed by atoms with Gasteiger partial charge in [0, 0.05) is 18.4 Å². The molecular weight excluding hydrogens is 270 g/mol. The van der Waals surface area contributed by atoms with Crippen LogP contribution < -0.4 is 5.32 Å². The molecule has 1 N–H and O–H groups in total. The maximum absolute atomic E-state index is 5.44. The molecular formula is C15H21N3OS. The van der Waals surface area contributed by atoms with E-state index in [0.29, 0.717) is 17.0 Å². The molecule has 1 atom stereocenters. The molecule has 0 spiro atoms. The summed E-state index contributed by atoms with van der Waals surface area (Å²) < 4.78 is 5.44. The van der Waals surface area contributed by atoms with Gasteiger partial charge in [-0.25, -0.2) is 0 Å². The number of hydrogen-bond acceptors (Lipinski definition) is 5. The summed E-state index contributed by atoms with van der Waals surface area (Å²) >= 11 is 1.94. The highest BCUT2D eigenvalue weighted by atomic mass is 32.2. The zero-order chi connectivity index (χ0) is 14.5. The Bertz CT molecular complexity index is 554. The summed E-state index contributed by atoms with van der Waals surface area (Å²) in [4.78, 5) is 0. The lowest BCUT2D eigenvalue weighted by Crippen LogP contribution is -2.07. The second-order valence-corrected chi connectivity index (χ2v) is 6.65. The Morgan fingerprint density at radius 3 is 2.70 bits per heavy atom. The molecule has 0 saturated heterocycles. The Hall–Kier alpha value is -1.49. The first kappa shape index (κ1) is 14.9. The fraction of sp³-hybridized carbons (Fsp3) is 0.467. The smallest absolute Gasteiger partial charge is 0.238 e. The minimum Gasteiger partial charge on any atom is -0.423 e. The van der Waals surface area contributed by atoms with Crippen LogP contribution in [0.1, 0.15) is 44.2 Å². The van der Waals surface area contributed by atoms with E-state index in [9.17, 15) is 0 Å². The van der Waals surface area contributed by atoms with Crippen LogP contribution in [0.3, 0.4) is 0 Å². The summed E-state index contributed by atoms with van der Waals surface area (Å²) in [7, 11) is 0. The van der Waals surface area contributed by atoms with Gasteiger partial charge in [-0.15, -0.1) is 10.2 Å². The van der Waals surface area contributed by atoms with Gasteiger partial charge in [-0.1, -0.05) is 26.0 Å². The summed E-state index contributed by atoms with van der Waals surface area (Å²) in [6, 6.07) is 8.47. The minimum absolute atomic E-state index is 0.00389. The van der Waals surface area contributed by atoms with Crippen LogP contribution in [0, 0.1) is 6.92 Å². The van der Waals surface area contributed by atoms with Gasteiger partial charge in [0.15, 0.2) is 0 Å². The minimum atomic E-state index is 0.00389. The monoisotopic (exact) mass is 291 g/mol. The molecule has 20 heavy (non-hydrogen) atoms. The number of rotatable bonds is 6. The van der Waals surface area contributed by atoms with E-state index in [-0.39, 0.29) is 6.04 Å². The van der Waals surface area contributed by atoms with E-state index >= 15 is 0 Å². The average Bonchev–Trinajstić information content (AvgIpc) is 2.84. The standard InChI is InChI=1S/C15H21N3OS/c1-10(2)20-9-13-6-5-7-14(8-13)16-11(3)15-18-17-12(4)19-15/h5-8,10-11,16H,9H2,1-4H3.